The normalized spacial score (nSPS) is 9.62. The number of nitrogens with two attached hydrogens (primary N) is 1. The average Bonchev–Trinajstić information content (AvgIpc) is 2.10. The van der Waals surface area contributed by atoms with Gasteiger partial charge in [0.25, 0.3) is 0 Å². The molecule has 0 unspecified atom stereocenters. The summed E-state index contributed by atoms with van der Waals surface area (Å²) in [5.41, 5.74) is 4.86. The Balaban J connectivity index is 3.08. The Morgan fingerprint density at radius 1 is 1.46 bits per heavy atom. The van der Waals surface area contributed by atoms with Crippen LogP contribution in [0.4, 0.5) is 0 Å². The van der Waals surface area contributed by atoms with Gasteiger partial charge in [0.2, 0.25) is 5.91 Å². The Bertz CT molecular complexity index is 172. The average molecular weight is 190 g/mol. The fourth-order valence-electron chi connectivity index (χ4n) is 0.570. The maximum Gasteiger partial charge on any atom is 0.331 e. The number of ether oxygens (including phenoxy) is 2. The summed E-state index contributed by atoms with van der Waals surface area (Å²) in [7, 11) is 1.29. The number of methoxy groups -OCH3 is 1. The fraction of sp³-hybridized carbons (Fsp3) is 0.714. The van der Waals surface area contributed by atoms with Gasteiger partial charge < -0.3 is 20.5 Å². The monoisotopic (exact) mass is 190 g/mol. The van der Waals surface area contributed by atoms with E-state index in [2.05, 4.69) is 10.1 Å². The van der Waals surface area contributed by atoms with Crippen LogP contribution in [0.1, 0.15) is 0 Å². The topological polar surface area (TPSA) is 90.7 Å². The third-order valence-electron chi connectivity index (χ3n) is 1.17. The lowest BCUT2D eigenvalue weighted by atomic mass is 10.5. The highest BCUT2D eigenvalue weighted by molar-refractivity contribution is 5.75. The van der Waals surface area contributed by atoms with E-state index < -0.39 is 11.9 Å². The molecule has 3 N–H and O–H groups in total. The lowest BCUT2D eigenvalue weighted by Crippen LogP contribution is -2.31. The van der Waals surface area contributed by atoms with Crippen molar-refractivity contribution >= 4 is 11.9 Å². The van der Waals surface area contributed by atoms with Crippen LogP contribution in [0, 0.1) is 0 Å². The van der Waals surface area contributed by atoms with Crippen molar-refractivity contribution in [1.82, 2.24) is 5.32 Å². The van der Waals surface area contributed by atoms with Crippen LogP contribution in [0.15, 0.2) is 0 Å². The summed E-state index contributed by atoms with van der Waals surface area (Å²) in [6.07, 6.45) is 0. The van der Waals surface area contributed by atoms with Gasteiger partial charge in [-0.05, 0) is 0 Å². The maximum absolute atomic E-state index is 10.5. The standard InChI is InChI=1S/C7H14N2O4/c1-12-7(11)5-13-3-2-9-4-6(8)10/h9H,2-5H2,1H3,(H2,8,10). The molecule has 0 rings (SSSR count). The van der Waals surface area contributed by atoms with Crippen molar-refractivity contribution < 1.29 is 19.1 Å². The van der Waals surface area contributed by atoms with Gasteiger partial charge in [0, 0.05) is 6.54 Å². The first-order valence-corrected chi connectivity index (χ1v) is 3.80. The molecule has 0 aliphatic rings. The van der Waals surface area contributed by atoms with E-state index in [4.69, 9.17) is 10.5 Å². The van der Waals surface area contributed by atoms with Gasteiger partial charge in [-0.3, -0.25) is 4.79 Å². The summed E-state index contributed by atoms with van der Waals surface area (Å²) in [6, 6.07) is 0. The van der Waals surface area contributed by atoms with E-state index in [-0.39, 0.29) is 13.2 Å². The maximum atomic E-state index is 10.5. The van der Waals surface area contributed by atoms with E-state index in [1.807, 2.05) is 0 Å². The molecule has 0 saturated heterocycles. The first-order valence-electron chi connectivity index (χ1n) is 3.80. The van der Waals surface area contributed by atoms with Gasteiger partial charge in [0.15, 0.2) is 0 Å². The first kappa shape index (κ1) is 11.9. The summed E-state index contributed by atoms with van der Waals surface area (Å²) in [5, 5.41) is 2.72. The summed E-state index contributed by atoms with van der Waals surface area (Å²) < 4.78 is 9.22. The van der Waals surface area contributed by atoms with Crippen molar-refractivity contribution in [3.8, 4) is 0 Å². The van der Waals surface area contributed by atoms with Gasteiger partial charge in [-0.25, -0.2) is 4.79 Å². The highest BCUT2D eigenvalue weighted by Gasteiger charge is 1.98. The summed E-state index contributed by atoms with van der Waals surface area (Å²) >= 11 is 0. The van der Waals surface area contributed by atoms with E-state index in [0.717, 1.165) is 0 Å². The van der Waals surface area contributed by atoms with Crippen LogP contribution in [0.3, 0.4) is 0 Å². The molecule has 76 valence electrons. The van der Waals surface area contributed by atoms with Gasteiger partial charge in [0.05, 0.1) is 20.3 Å². The Morgan fingerprint density at radius 3 is 2.69 bits per heavy atom. The third kappa shape index (κ3) is 8.77. The minimum absolute atomic E-state index is 0.0747. The SMILES string of the molecule is COC(=O)COCCNCC(N)=O. The molecule has 0 saturated carbocycles. The first-order chi connectivity index (χ1) is 6.16. The minimum atomic E-state index is -0.423. The summed E-state index contributed by atoms with van der Waals surface area (Å²) in [4.78, 5) is 20.7. The minimum Gasteiger partial charge on any atom is -0.467 e. The Labute approximate surface area is 76.4 Å². The van der Waals surface area contributed by atoms with Crippen LogP contribution in [-0.4, -0.2) is 45.3 Å². The summed E-state index contributed by atoms with van der Waals surface area (Å²) in [6.45, 7) is 0.846. The van der Waals surface area contributed by atoms with E-state index >= 15 is 0 Å². The number of nitrogens with one attached hydrogen (secondary N) is 1. The molecule has 0 heterocycles. The number of carbonyl (C=O) groups is 2. The molecule has 0 aliphatic heterocycles. The lowest BCUT2D eigenvalue weighted by molar-refractivity contribution is -0.145. The predicted molar refractivity (Wildman–Crippen MR) is 44.9 cm³/mol. The molecule has 0 spiro atoms. The molecule has 0 atom stereocenters. The summed E-state index contributed by atoms with van der Waals surface area (Å²) in [5.74, 6) is -0.845. The molecular formula is C7H14N2O4. The predicted octanol–water partition coefficient (Wildman–Crippen LogP) is -1.75. The number of rotatable bonds is 7. The van der Waals surface area contributed by atoms with Crippen LogP contribution < -0.4 is 11.1 Å². The van der Waals surface area contributed by atoms with Crippen molar-refractivity contribution in [3.63, 3.8) is 0 Å². The Morgan fingerprint density at radius 2 is 2.15 bits per heavy atom. The lowest BCUT2D eigenvalue weighted by Gasteiger charge is -2.03. The zero-order valence-corrected chi connectivity index (χ0v) is 7.54. The fourth-order valence-corrected chi connectivity index (χ4v) is 0.570. The molecule has 1 amide bonds. The molecule has 6 nitrogen and oxygen atoms in total. The molecule has 0 radical (unpaired) electrons. The van der Waals surface area contributed by atoms with E-state index in [1.54, 1.807) is 0 Å². The van der Waals surface area contributed by atoms with Crippen molar-refractivity contribution in [1.29, 1.82) is 0 Å². The third-order valence-corrected chi connectivity index (χ3v) is 1.17. The highest BCUT2D eigenvalue weighted by Crippen LogP contribution is 1.77. The van der Waals surface area contributed by atoms with Crippen LogP contribution in [-0.2, 0) is 19.1 Å². The molecule has 0 aliphatic carbocycles. The number of primary amides is 1. The van der Waals surface area contributed by atoms with Gasteiger partial charge >= 0.3 is 5.97 Å². The smallest absolute Gasteiger partial charge is 0.331 e. The van der Waals surface area contributed by atoms with Crippen LogP contribution in [0.5, 0.6) is 0 Å². The Kier molecular flexibility index (Phi) is 6.85. The van der Waals surface area contributed by atoms with Crippen molar-refractivity contribution in [2.45, 2.75) is 0 Å². The van der Waals surface area contributed by atoms with Crippen LogP contribution >= 0.6 is 0 Å². The van der Waals surface area contributed by atoms with Crippen LogP contribution in [0.2, 0.25) is 0 Å². The highest BCUT2D eigenvalue weighted by atomic mass is 16.6. The van der Waals surface area contributed by atoms with Gasteiger partial charge in [0.1, 0.15) is 6.61 Å². The van der Waals surface area contributed by atoms with E-state index in [1.165, 1.54) is 7.11 Å². The Hall–Kier alpha value is -1.14. The number of hydrogen-bond donors (Lipinski definition) is 2. The van der Waals surface area contributed by atoms with Crippen molar-refractivity contribution in [3.05, 3.63) is 0 Å². The zero-order chi connectivity index (χ0) is 10.1. The quantitative estimate of drug-likeness (QED) is 0.367. The van der Waals surface area contributed by atoms with E-state index in [9.17, 15) is 9.59 Å². The van der Waals surface area contributed by atoms with Crippen molar-refractivity contribution in [2.75, 3.05) is 33.4 Å². The van der Waals surface area contributed by atoms with Gasteiger partial charge in [-0.1, -0.05) is 0 Å². The van der Waals surface area contributed by atoms with Gasteiger partial charge in [-0.15, -0.1) is 0 Å². The molecule has 13 heavy (non-hydrogen) atoms. The second-order valence-electron chi connectivity index (χ2n) is 2.27. The molecular weight excluding hydrogens is 176 g/mol. The second-order valence-corrected chi connectivity index (χ2v) is 2.27. The zero-order valence-electron chi connectivity index (χ0n) is 7.54. The molecule has 0 aromatic carbocycles. The van der Waals surface area contributed by atoms with E-state index in [0.29, 0.717) is 13.2 Å². The largest absolute Gasteiger partial charge is 0.467 e. The van der Waals surface area contributed by atoms with Gasteiger partial charge in [-0.2, -0.15) is 0 Å². The number of amides is 1. The molecule has 0 bridgehead atoms. The molecule has 0 aromatic rings. The molecule has 0 aromatic heterocycles. The number of hydrogen-bond acceptors (Lipinski definition) is 5. The second kappa shape index (κ2) is 7.51. The number of carbonyl (C=O) groups excluding carboxylic acids is 2. The molecule has 6 heteroatoms. The number of esters is 1. The molecule has 0 fully saturated rings. The van der Waals surface area contributed by atoms with Crippen LogP contribution in [0.25, 0.3) is 0 Å². The van der Waals surface area contributed by atoms with Crippen molar-refractivity contribution in [2.24, 2.45) is 5.73 Å².